The molecule has 6 aromatic heterocycles. The quantitative estimate of drug-likeness (QED) is 0.161. The van der Waals surface area contributed by atoms with Crippen molar-refractivity contribution in [1.29, 1.82) is 0 Å². The highest BCUT2D eigenvalue weighted by molar-refractivity contribution is 5.95. The van der Waals surface area contributed by atoms with Crippen LogP contribution in [0.15, 0.2) is 73.6 Å². The number of aromatic amines is 2. The first-order valence-corrected chi connectivity index (χ1v) is 18.2. The molecule has 8 aromatic rings. The van der Waals surface area contributed by atoms with Crippen LogP contribution < -0.4 is 0 Å². The van der Waals surface area contributed by atoms with Gasteiger partial charge in [0.15, 0.2) is 0 Å². The number of hydrogen-bond donors (Lipinski definition) is 2. The summed E-state index contributed by atoms with van der Waals surface area (Å²) >= 11 is 0. The molecule has 0 bridgehead atoms. The van der Waals surface area contributed by atoms with E-state index in [-0.39, 0.29) is 11.6 Å². The van der Waals surface area contributed by atoms with Crippen molar-refractivity contribution in [2.75, 3.05) is 0 Å². The Morgan fingerprint density at radius 3 is 1.35 bits per heavy atom. The lowest BCUT2D eigenvalue weighted by atomic mass is 9.93. The predicted octanol–water partition coefficient (Wildman–Crippen LogP) is 9.97. The fraction of sp³-hybridized carbons (Fsp3) is 0.286. The normalized spacial score (nSPS) is 12.6. The molecule has 0 fully saturated rings. The third-order valence-electron chi connectivity index (χ3n) is 10.3. The molecule has 0 radical (unpaired) electrons. The molecule has 10 nitrogen and oxygen atoms in total. The van der Waals surface area contributed by atoms with E-state index in [1.165, 1.54) is 0 Å². The van der Waals surface area contributed by atoms with Gasteiger partial charge in [-0.25, -0.2) is 8.78 Å². The lowest BCUT2D eigenvalue weighted by Gasteiger charge is -2.14. The van der Waals surface area contributed by atoms with Crippen molar-refractivity contribution in [3.05, 3.63) is 107 Å². The second-order valence-electron chi connectivity index (χ2n) is 14.2. The van der Waals surface area contributed by atoms with E-state index >= 15 is 0 Å². The third-order valence-corrected chi connectivity index (χ3v) is 10.3. The Bertz CT molecular complexity index is 2380. The van der Waals surface area contributed by atoms with Crippen LogP contribution in [-0.2, 0) is 14.1 Å². The maximum Gasteiger partial charge on any atom is 0.133 e. The van der Waals surface area contributed by atoms with Gasteiger partial charge in [0.05, 0.1) is 47.2 Å². The summed E-state index contributed by atoms with van der Waals surface area (Å²) in [6.45, 7) is 12.3. The predicted molar refractivity (Wildman–Crippen MR) is 210 cm³/mol. The van der Waals surface area contributed by atoms with E-state index in [1.54, 1.807) is 46.3 Å². The Morgan fingerprint density at radius 1 is 0.611 bits per heavy atom. The van der Waals surface area contributed by atoms with Crippen LogP contribution >= 0.6 is 0 Å². The number of hydrogen-bond acceptors (Lipinski definition) is 6. The molecule has 12 heteroatoms. The maximum absolute atomic E-state index is 15.0. The minimum Gasteiger partial charge on any atom is -0.276 e. The van der Waals surface area contributed by atoms with Gasteiger partial charge in [0.2, 0.25) is 0 Å². The molecule has 0 saturated heterocycles. The first kappa shape index (κ1) is 36.3. The highest BCUT2D eigenvalue weighted by Crippen LogP contribution is 2.35. The summed E-state index contributed by atoms with van der Waals surface area (Å²) in [5.41, 5.74) is 11.2. The smallest absolute Gasteiger partial charge is 0.133 e. The molecular formula is C42H44F2N10. The van der Waals surface area contributed by atoms with Gasteiger partial charge in [0, 0.05) is 59.5 Å². The SMILES string of the molecule is CCC(C)c1cc(C)c(-c2cc3c(-c4cnn(C)c4)n[nH]c3cn2)c(F)c1.CCC(C)c1cc(C)c(-c2cc3c(-c4cnn(C)c4)n[nH]c3cn2)c(F)c1. The van der Waals surface area contributed by atoms with Crippen molar-refractivity contribution < 1.29 is 8.78 Å². The fourth-order valence-electron chi connectivity index (χ4n) is 6.86. The van der Waals surface area contributed by atoms with E-state index in [0.29, 0.717) is 34.4 Å². The van der Waals surface area contributed by atoms with Crippen LogP contribution in [0, 0.1) is 25.5 Å². The zero-order valence-electron chi connectivity index (χ0n) is 31.8. The number of aryl methyl sites for hydroxylation is 4. The molecule has 276 valence electrons. The molecule has 2 atom stereocenters. The number of H-pyrrole nitrogens is 2. The highest BCUT2D eigenvalue weighted by atomic mass is 19.1. The van der Waals surface area contributed by atoms with Gasteiger partial charge in [-0.2, -0.15) is 20.4 Å². The summed E-state index contributed by atoms with van der Waals surface area (Å²) in [6.07, 6.45) is 12.7. The standard InChI is InChI=1S/2C21H22FN5/c2*1-5-12(2)14-6-13(3)20(17(22)7-14)18-8-16-19(10-23-18)25-26-21(16)15-9-24-27(4)11-15/h2*6-12H,5H2,1-4H3,(H,25,26). The summed E-state index contributed by atoms with van der Waals surface area (Å²) in [5.74, 6) is 0.189. The molecule has 0 aliphatic carbocycles. The van der Waals surface area contributed by atoms with Crippen LogP contribution in [-0.4, -0.2) is 49.9 Å². The zero-order chi connectivity index (χ0) is 38.3. The summed E-state index contributed by atoms with van der Waals surface area (Å²) in [5, 5.41) is 25.0. The number of fused-ring (bicyclic) bond motifs is 2. The Balaban J connectivity index is 0.000000167. The van der Waals surface area contributed by atoms with E-state index < -0.39 is 0 Å². The van der Waals surface area contributed by atoms with Crippen molar-refractivity contribution in [1.82, 2.24) is 49.9 Å². The number of rotatable bonds is 8. The number of aromatic nitrogens is 10. The monoisotopic (exact) mass is 726 g/mol. The topological polar surface area (TPSA) is 119 Å². The van der Waals surface area contributed by atoms with E-state index in [0.717, 1.165) is 79.4 Å². The molecule has 0 saturated carbocycles. The highest BCUT2D eigenvalue weighted by Gasteiger charge is 2.19. The van der Waals surface area contributed by atoms with Gasteiger partial charge in [0.1, 0.15) is 23.0 Å². The average Bonchev–Trinajstić information content (AvgIpc) is 3.97. The van der Waals surface area contributed by atoms with Gasteiger partial charge in [-0.15, -0.1) is 0 Å². The van der Waals surface area contributed by atoms with Crippen LogP contribution in [0.1, 0.15) is 74.6 Å². The Kier molecular flexibility index (Phi) is 9.93. The van der Waals surface area contributed by atoms with E-state index in [9.17, 15) is 8.78 Å². The first-order chi connectivity index (χ1) is 25.9. The Labute approximate surface area is 312 Å². The van der Waals surface area contributed by atoms with Crippen LogP contribution in [0.25, 0.3) is 66.8 Å². The van der Waals surface area contributed by atoms with Gasteiger partial charge in [-0.05, 0) is 85.0 Å². The molecule has 0 spiro atoms. The number of pyridine rings is 2. The molecule has 0 aliphatic rings. The zero-order valence-corrected chi connectivity index (χ0v) is 31.8. The van der Waals surface area contributed by atoms with Gasteiger partial charge in [-0.1, -0.05) is 39.8 Å². The molecule has 2 aromatic carbocycles. The van der Waals surface area contributed by atoms with Crippen molar-refractivity contribution in [2.45, 2.75) is 66.2 Å². The number of benzene rings is 2. The van der Waals surface area contributed by atoms with Crippen molar-refractivity contribution >= 4 is 21.8 Å². The maximum atomic E-state index is 15.0. The lowest BCUT2D eigenvalue weighted by Crippen LogP contribution is -1.98. The van der Waals surface area contributed by atoms with Crippen LogP contribution in [0.4, 0.5) is 8.78 Å². The summed E-state index contributed by atoms with van der Waals surface area (Å²) in [4.78, 5) is 8.95. The first-order valence-electron chi connectivity index (χ1n) is 18.2. The minimum atomic E-state index is -0.233. The number of halogens is 2. The van der Waals surface area contributed by atoms with E-state index in [1.807, 2.05) is 52.5 Å². The molecular weight excluding hydrogens is 683 g/mol. The second kappa shape index (κ2) is 14.8. The minimum absolute atomic E-state index is 0.233. The average molecular weight is 727 g/mol. The molecule has 2 N–H and O–H groups in total. The van der Waals surface area contributed by atoms with Gasteiger partial charge >= 0.3 is 0 Å². The largest absolute Gasteiger partial charge is 0.276 e. The molecule has 0 aliphatic heterocycles. The van der Waals surface area contributed by atoms with Crippen LogP contribution in [0.3, 0.4) is 0 Å². The summed E-state index contributed by atoms with van der Waals surface area (Å²) in [7, 11) is 3.73. The number of nitrogens with one attached hydrogen (secondary N) is 2. The van der Waals surface area contributed by atoms with Gasteiger partial charge in [-0.3, -0.25) is 29.5 Å². The van der Waals surface area contributed by atoms with E-state index in [4.69, 9.17) is 0 Å². The summed E-state index contributed by atoms with van der Waals surface area (Å²) in [6, 6.07) is 11.2. The van der Waals surface area contributed by atoms with Crippen LogP contribution in [0.2, 0.25) is 0 Å². The lowest BCUT2D eigenvalue weighted by molar-refractivity contribution is 0.621. The summed E-state index contributed by atoms with van der Waals surface area (Å²) < 4.78 is 33.4. The molecule has 54 heavy (non-hydrogen) atoms. The Morgan fingerprint density at radius 2 is 1.02 bits per heavy atom. The van der Waals surface area contributed by atoms with Gasteiger partial charge in [0.25, 0.3) is 0 Å². The van der Waals surface area contributed by atoms with Gasteiger partial charge < -0.3 is 0 Å². The van der Waals surface area contributed by atoms with Crippen molar-refractivity contribution in [2.24, 2.45) is 14.1 Å². The molecule has 2 unspecified atom stereocenters. The van der Waals surface area contributed by atoms with Crippen LogP contribution in [0.5, 0.6) is 0 Å². The van der Waals surface area contributed by atoms with Crippen molar-refractivity contribution in [3.63, 3.8) is 0 Å². The second-order valence-corrected chi connectivity index (χ2v) is 14.2. The molecule has 6 heterocycles. The molecule has 8 rings (SSSR count). The number of nitrogens with zero attached hydrogens (tertiary/aromatic N) is 8. The third kappa shape index (κ3) is 6.91. The van der Waals surface area contributed by atoms with E-state index in [2.05, 4.69) is 80.4 Å². The fourth-order valence-corrected chi connectivity index (χ4v) is 6.86. The molecule has 0 amide bonds. The Hall–Kier alpha value is -6.04. The van der Waals surface area contributed by atoms with Crippen molar-refractivity contribution in [3.8, 4) is 45.0 Å².